The number of aromatic nitrogens is 2. The minimum atomic E-state index is -0.207. The first kappa shape index (κ1) is 16.7. The molecule has 0 aliphatic heterocycles. The van der Waals surface area contributed by atoms with Crippen LogP contribution in [0, 0.1) is 0 Å². The smallest absolute Gasteiger partial charge is 0.315 e. The molecule has 6 heteroatoms. The number of anilines is 1. The minimum Gasteiger partial charge on any atom is -0.357 e. The number of nitrogens with one attached hydrogen (secondary N) is 2. The second-order valence-electron chi connectivity index (χ2n) is 5.09. The molecule has 2 N–H and O–H groups in total. The lowest BCUT2D eigenvalue weighted by atomic mass is 10.2. The molecule has 2 heterocycles. The minimum absolute atomic E-state index is 0.207. The Morgan fingerprint density at radius 3 is 2.26 bits per heavy atom. The zero-order chi connectivity index (χ0) is 16.5. The fraction of sp³-hybridized carbons (Fsp3) is 0.353. The third-order valence-electron chi connectivity index (χ3n) is 3.53. The van der Waals surface area contributed by atoms with E-state index >= 15 is 0 Å². The van der Waals surface area contributed by atoms with Crippen molar-refractivity contribution in [3.8, 4) is 0 Å². The highest BCUT2D eigenvalue weighted by Crippen LogP contribution is 2.10. The molecule has 0 aliphatic rings. The maximum Gasteiger partial charge on any atom is 0.315 e. The molecule has 2 aromatic rings. The summed E-state index contributed by atoms with van der Waals surface area (Å²) in [6.07, 6.45) is 5.24. The van der Waals surface area contributed by atoms with Gasteiger partial charge in [0, 0.05) is 44.8 Å². The van der Waals surface area contributed by atoms with E-state index < -0.39 is 0 Å². The van der Waals surface area contributed by atoms with Crippen molar-refractivity contribution >= 4 is 11.8 Å². The molecule has 0 saturated heterocycles. The number of carbonyl (C=O) groups is 1. The highest BCUT2D eigenvalue weighted by molar-refractivity contribution is 5.73. The molecule has 0 saturated carbocycles. The molecule has 2 amide bonds. The lowest BCUT2D eigenvalue weighted by molar-refractivity contribution is 0.240. The van der Waals surface area contributed by atoms with E-state index in [1.165, 1.54) is 0 Å². The Balaban J connectivity index is 1.78. The van der Waals surface area contributed by atoms with Gasteiger partial charge in [0.2, 0.25) is 0 Å². The summed E-state index contributed by atoms with van der Waals surface area (Å²) in [7, 11) is 0. The number of hydrogen-bond donors (Lipinski definition) is 2. The van der Waals surface area contributed by atoms with Gasteiger partial charge in [-0.3, -0.25) is 4.98 Å². The molecule has 0 radical (unpaired) electrons. The third-order valence-corrected chi connectivity index (χ3v) is 3.53. The first-order valence-corrected chi connectivity index (χ1v) is 7.83. The molecule has 0 spiro atoms. The van der Waals surface area contributed by atoms with E-state index in [9.17, 15) is 4.79 Å². The Labute approximate surface area is 137 Å². The van der Waals surface area contributed by atoms with E-state index in [2.05, 4.69) is 39.3 Å². The third kappa shape index (κ3) is 5.25. The van der Waals surface area contributed by atoms with Gasteiger partial charge < -0.3 is 15.5 Å². The van der Waals surface area contributed by atoms with E-state index in [-0.39, 0.29) is 6.03 Å². The van der Waals surface area contributed by atoms with Gasteiger partial charge in [-0.25, -0.2) is 9.78 Å². The molecule has 23 heavy (non-hydrogen) atoms. The molecule has 122 valence electrons. The van der Waals surface area contributed by atoms with E-state index in [1.54, 1.807) is 18.6 Å². The van der Waals surface area contributed by atoms with Gasteiger partial charge in [0.1, 0.15) is 5.82 Å². The number of amides is 2. The van der Waals surface area contributed by atoms with Crippen LogP contribution in [-0.2, 0) is 13.1 Å². The zero-order valence-electron chi connectivity index (χ0n) is 13.6. The first-order valence-electron chi connectivity index (χ1n) is 7.83. The van der Waals surface area contributed by atoms with Gasteiger partial charge in [-0.15, -0.1) is 0 Å². The maximum absolute atomic E-state index is 11.8. The summed E-state index contributed by atoms with van der Waals surface area (Å²) < 4.78 is 0. The van der Waals surface area contributed by atoms with Crippen LogP contribution in [0.2, 0.25) is 0 Å². The zero-order valence-corrected chi connectivity index (χ0v) is 13.6. The molecule has 2 aromatic heterocycles. The summed E-state index contributed by atoms with van der Waals surface area (Å²) in [5, 5.41) is 5.62. The van der Waals surface area contributed by atoms with Gasteiger partial charge in [0.25, 0.3) is 0 Å². The molecule has 0 fully saturated rings. The largest absolute Gasteiger partial charge is 0.357 e. The normalized spacial score (nSPS) is 10.2. The van der Waals surface area contributed by atoms with Crippen molar-refractivity contribution in [1.82, 2.24) is 20.6 Å². The highest BCUT2D eigenvalue weighted by Gasteiger charge is 2.04. The van der Waals surface area contributed by atoms with Crippen molar-refractivity contribution in [2.45, 2.75) is 26.9 Å². The Morgan fingerprint density at radius 2 is 1.74 bits per heavy atom. The van der Waals surface area contributed by atoms with Crippen molar-refractivity contribution in [2.24, 2.45) is 0 Å². The molecule has 0 atom stereocenters. The van der Waals surface area contributed by atoms with Gasteiger partial charge in [-0.2, -0.15) is 0 Å². The number of rotatable bonds is 7. The van der Waals surface area contributed by atoms with Crippen molar-refractivity contribution in [3.63, 3.8) is 0 Å². The molecule has 2 rings (SSSR count). The molecular weight excluding hydrogens is 290 g/mol. The van der Waals surface area contributed by atoms with Crippen LogP contribution < -0.4 is 15.5 Å². The average molecular weight is 313 g/mol. The van der Waals surface area contributed by atoms with E-state index in [1.807, 2.05) is 24.3 Å². The number of nitrogens with zero attached hydrogens (tertiary/aromatic N) is 3. The number of pyridine rings is 2. The summed E-state index contributed by atoms with van der Waals surface area (Å²) in [5.41, 5.74) is 1.94. The van der Waals surface area contributed by atoms with Crippen LogP contribution in [0.4, 0.5) is 10.6 Å². The molecule has 6 nitrogen and oxygen atoms in total. The van der Waals surface area contributed by atoms with Gasteiger partial charge in [-0.05, 0) is 37.1 Å². The highest BCUT2D eigenvalue weighted by atomic mass is 16.2. The van der Waals surface area contributed by atoms with Gasteiger partial charge >= 0.3 is 6.03 Å². The summed E-state index contributed by atoms with van der Waals surface area (Å²) in [6, 6.07) is 7.53. The van der Waals surface area contributed by atoms with Crippen LogP contribution in [0.3, 0.4) is 0 Å². The van der Waals surface area contributed by atoms with Gasteiger partial charge in [-0.1, -0.05) is 12.1 Å². The second kappa shape index (κ2) is 8.73. The van der Waals surface area contributed by atoms with Crippen molar-refractivity contribution in [1.29, 1.82) is 0 Å². The molecule has 0 unspecified atom stereocenters. The first-order chi connectivity index (χ1) is 11.2. The van der Waals surface area contributed by atoms with Crippen LogP contribution in [0.5, 0.6) is 0 Å². The molecule has 0 aliphatic carbocycles. The van der Waals surface area contributed by atoms with Crippen molar-refractivity contribution < 1.29 is 4.79 Å². The number of hydrogen-bond acceptors (Lipinski definition) is 4. The molecule has 0 bridgehead atoms. The summed E-state index contributed by atoms with van der Waals surface area (Å²) in [5.74, 6) is 0.958. The van der Waals surface area contributed by atoms with E-state index in [0.29, 0.717) is 13.1 Å². The van der Waals surface area contributed by atoms with Crippen LogP contribution in [0.15, 0.2) is 42.9 Å². The quantitative estimate of drug-likeness (QED) is 0.823. The predicted octanol–water partition coefficient (Wildman–Crippen LogP) is 2.32. The lowest BCUT2D eigenvalue weighted by Gasteiger charge is -2.19. The van der Waals surface area contributed by atoms with E-state index in [4.69, 9.17) is 0 Å². The molecule has 0 aromatic carbocycles. The van der Waals surface area contributed by atoms with Gasteiger partial charge in [0.15, 0.2) is 0 Å². The Kier molecular flexibility index (Phi) is 6.35. The Morgan fingerprint density at radius 1 is 1.04 bits per heavy atom. The summed E-state index contributed by atoms with van der Waals surface area (Å²) in [4.78, 5) is 22.4. The SMILES string of the molecule is CCN(CC)c1ccc(CNC(=O)NCc2cccnc2)cn1. The molecular formula is C17H23N5O. The predicted molar refractivity (Wildman–Crippen MR) is 91.1 cm³/mol. The van der Waals surface area contributed by atoms with Crippen LogP contribution in [0.1, 0.15) is 25.0 Å². The fourth-order valence-corrected chi connectivity index (χ4v) is 2.19. The van der Waals surface area contributed by atoms with Gasteiger partial charge in [0.05, 0.1) is 0 Å². The van der Waals surface area contributed by atoms with Crippen LogP contribution >= 0.6 is 0 Å². The van der Waals surface area contributed by atoms with Crippen molar-refractivity contribution in [2.75, 3.05) is 18.0 Å². The number of urea groups is 1. The Hall–Kier alpha value is -2.63. The average Bonchev–Trinajstić information content (AvgIpc) is 2.61. The summed E-state index contributed by atoms with van der Waals surface area (Å²) >= 11 is 0. The maximum atomic E-state index is 11.8. The standard InChI is InChI=1S/C17H23N5O/c1-3-22(4-2)16-8-7-15(11-19-16)13-21-17(23)20-12-14-6-5-9-18-10-14/h5-11H,3-4,12-13H2,1-2H3,(H2,20,21,23). The monoisotopic (exact) mass is 313 g/mol. The van der Waals surface area contributed by atoms with Crippen LogP contribution in [-0.4, -0.2) is 29.1 Å². The van der Waals surface area contributed by atoms with Crippen LogP contribution in [0.25, 0.3) is 0 Å². The Bertz CT molecular complexity index is 596. The topological polar surface area (TPSA) is 70.2 Å². The van der Waals surface area contributed by atoms with E-state index in [0.717, 1.165) is 30.0 Å². The number of carbonyl (C=O) groups excluding carboxylic acids is 1. The second-order valence-corrected chi connectivity index (χ2v) is 5.09. The lowest BCUT2D eigenvalue weighted by Crippen LogP contribution is -2.34. The fourth-order valence-electron chi connectivity index (χ4n) is 2.19. The van der Waals surface area contributed by atoms with Crippen molar-refractivity contribution in [3.05, 3.63) is 54.0 Å². The summed E-state index contributed by atoms with van der Waals surface area (Å²) in [6.45, 7) is 6.97.